The fourth-order valence-electron chi connectivity index (χ4n) is 5.66. The second-order valence-corrected chi connectivity index (χ2v) is 11.7. The standard InChI is InChI=1S/C33H50N4O7/c1-23(2)28-20-36(24(3)38)21-30(43-5)33(41)29(39)22-44-16-7-6-15-37(32(28)26-9-8-10-27(17-26)42-4)31(40)19-35-18-25-11-13-34-14-12-25/h8-14,17,23,28-30,32-33,35,39,41H,6-7,15-16,18-22H2,1-5H3/t28-,29+,30+,32-,33+/m1/s1. The topological polar surface area (TPSA) is 134 Å². The minimum Gasteiger partial charge on any atom is -0.497 e. The van der Waals surface area contributed by atoms with Gasteiger partial charge >= 0.3 is 0 Å². The first-order valence-corrected chi connectivity index (χ1v) is 15.4. The van der Waals surface area contributed by atoms with Crippen LogP contribution in [-0.2, 0) is 25.6 Å². The summed E-state index contributed by atoms with van der Waals surface area (Å²) in [5.74, 6) is 0.302. The number of ether oxygens (including phenoxy) is 3. The van der Waals surface area contributed by atoms with Crippen molar-refractivity contribution in [3.05, 3.63) is 59.9 Å². The van der Waals surface area contributed by atoms with E-state index in [1.54, 1.807) is 24.4 Å². The minimum absolute atomic E-state index is 0.0576. The number of rotatable bonds is 8. The van der Waals surface area contributed by atoms with Crippen LogP contribution >= 0.6 is 0 Å². The van der Waals surface area contributed by atoms with E-state index in [2.05, 4.69) is 24.1 Å². The van der Waals surface area contributed by atoms with Gasteiger partial charge in [0.2, 0.25) is 11.8 Å². The van der Waals surface area contributed by atoms with Crippen LogP contribution in [0.4, 0.5) is 0 Å². The van der Waals surface area contributed by atoms with Crippen LogP contribution in [0.1, 0.15) is 50.8 Å². The quantitative estimate of drug-likeness (QED) is 0.410. The molecule has 11 heteroatoms. The molecule has 244 valence electrons. The van der Waals surface area contributed by atoms with E-state index in [4.69, 9.17) is 14.2 Å². The van der Waals surface area contributed by atoms with Crippen molar-refractivity contribution < 1.29 is 34.0 Å². The Morgan fingerprint density at radius 3 is 2.52 bits per heavy atom. The van der Waals surface area contributed by atoms with E-state index in [1.165, 1.54) is 14.0 Å². The molecule has 2 amide bonds. The van der Waals surface area contributed by atoms with Gasteiger partial charge in [0.15, 0.2) is 0 Å². The van der Waals surface area contributed by atoms with Crippen molar-refractivity contribution in [1.29, 1.82) is 0 Å². The number of aliphatic hydroxyl groups is 2. The fraction of sp³-hybridized carbons (Fsp3) is 0.606. The number of methoxy groups -OCH3 is 2. The first-order chi connectivity index (χ1) is 21.2. The van der Waals surface area contributed by atoms with Crippen molar-refractivity contribution in [2.75, 3.05) is 53.6 Å². The Morgan fingerprint density at radius 2 is 1.86 bits per heavy atom. The van der Waals surface area contributed by atoms with E-state index < -0.39 is 18.3 Å². The van der Waals surface area contributed by atoms with Gasteiger partial charge in [-0.1, -0.05) is 26.0 Å². The van der Waals surface area contributed by atoms with E-state index >= 15 is 0 Å². The van der Waals surface area contributed by atoms with E-state index in [1.807, 2.05) is 41.3 Å². The Balaban J connectivity index is 2.04. The highest BCUT2D eigenvalue weighted by atomic mass is 16.5. The van der Waals surface area contributed by atoms with E-state index in [0.717, 1.165) is 11.1 Å². The number of aliphatic hydroxyl groups excluding tert-OH is 2. The van der Waals surface area contributed by atoms with Gasteiger partial charge < -0.3 is 39.5 Å². The van der Waals surface area contributed by atoms with Gasteiger partial charge in [-0.05, 0) is 54.2 Å². The molecule has 0 radical (unpaired) electrons. The van der Waals surface area contributed by atoms with Gasteiger partial charge in [0.05, 0.1) is 26.3 Å². The van der Waals surface area contributed by atoms with Crippen LogP contribution < -0.4 is 10.1 Å². The van der Waals surface area contributed by atoms with Gasteiger partial charge in [0.25, 0.3) is 0 Å². The lowest BCUT2D eigenvalue weighted by molar-refractivity contribution is -0.139. The third-order valence-electron chi connectivity index (χ3n) is 8.29. The van der Waals surface area contributed by atoms with Gasteiger partial charge in [0.1, 0.15) is 24.1 Å². The van der Waals surface area contributed by atoms with Crippen LogP contribution in [0.5, 0.6) is 5.75 Å². The number of hydrogen-bond donors (Lipinski definition) is 3. The Morgan fingerprint density at radius 1 is 1.11 bits per heavy atom. The van der Waals surface area contributed by atoms with Gasteiger partial charge in [-0.25, -0.2) is 0 Å². The van der Waals surface area contributed by atoms with Gasteiger partial charge in [-0.15, -0.1) is 0 Å². The molecule has 1 fully saturated rings. The summed E-state index contributed by atoms with van der Waals surface area (Å²) in [6.07, 6.45) is 1.52. The molecule has 11 nitrogen and oxygen atoms in total. The second-order valence-electron chi connectivity index (χ2n) is 11.7. The molecule has 1 aromatic carbocycles. The number of hydrogen-bond acceptors (Lipinski definition) is 9. The molecular weight excluding hydrogens is 564 g/mol. The second kappa shape index (κ2) is 18.0. The Bertz CT molecular complexity index is 1150. The maximum absolute atomic E-state index is 14.1. The number of nitrogens with one attached hydrogen (secondary N) is 1. The number of pyridine rings is 1. The molecule has 0 bridgehead atoms. The highest BCUT2D eigenvalue weighted by molar-refractivity contribution is 5.79. The van der Waals surface area contributed by atoms with E-state index in [-0.39, 0.29) is 49.4 Å². The molecule has 5 atom stereocenters. The van der Waals surface area contributed by atoms with Crippen molar-refractivity contribution in [3.63, 3.8) is 0 Å². The molecule has 2 heterocycles. The molecule has 1 aliphatic rings. The van der Waals surface area contributed by atoms with Crippen LogP contribution in [0.15, 0.2) is 48.8 Å². The van der Waals surface area contributed by atoms with Crippen molar-refractivity contribution in [2.45, 2.75) is 64.5 Å². The largest absolute Gasteiger partial charge is 0.497 e. The Hall–Kier alpha value is -3.09. The minimum atomic E-state index is -1.25. The van der Waals surface area contributed by atoms with Crippen LogP contribution in [0.2, 0.25) is 0 Å². The number of carbonyl (C=O) groups is 2. The molecule has 0 spiro atoms. The molecular formula is C33H50N4O7. The average molecular weight is 615 g/mol. The fourth-order valence-corrected chi connectivity index (χ4v) is 5.66. The summed E-state index contributed by atoms with van der Waals surface area (Å²) in [6.45, 7) is 7.46. The third-order valence-corrected chi connectivity index (χ3v) is 8.29. The molecule has 1 saturated heterocycles. The van der Waals surface area contributed by atoms with Crippen LogP contribution in [0.3, 0.4) is 0 Å². The molecule has 2 aromatic rings. The molecule has 0 aliphatic carbocycles. The maximum Gasteiger partial charge on any atom is 0.237 e. The highest BCUT2D eigenvalue weighted by Crippen LogP contribution is 2.36. The summed E-state index contributed by atoms with van der Waals surface area (Å²) in [5, 5.41) is 24.8. The number of benzene rings is 1. The SMILES string of the molecule is COc1cccc([C@@H]2[C@@H](C(C)C)CN(C(C)=O)C[C@H](OC)[C@@H](O)[C@@H](O)COCCCCN2C(=O)CNCc2ccncc2)c1. The summed E-state index contributed by atoms with van der Waals surface area (Å²) in [6, 6.07) is 11.2. The summed E-state index contributed by atoms with van der Waals surface area (Å²) >= 11 is 0. The summed E-state index contributed by atoms with van der Waals surface area (Å²) < 4.78 is 16.8. The van der Waals surface area contributed by atoms with Crippen molar-refractivity contribution >= 4 is 11.8 Å². The molecule has 0 saturated carbocycles. The summed E-state index contributed by atoms with van der Waals surface area (Å²) in [4.78, 5) is 34.8. The zero-order valence-corrected chi connectivity index (χ0v) is 26.7. The van der Waals surface area contributed by atoms with Gasteiger partial charge in [-0.2, -0.15) is 0 Å². The summed E-state index contributed by atoms with van der Waals surface area (Å²) in [5.41, 5.74) is 1.94. The molecule has 1 aliphatic heterocycles. The first-order valence-electron chi connectivity index (χ1n) is 15.4. The normalized spacial score (nSPS) is 24.4. The molecule has 3 N–H and O–H groups in total. The monoisotopic (exact) mass is 614 g/mol. The van der Waals surface area contributed by atoms with E-state index in [9.17, 15) is 19.8 Å². The zero-order valence-electron chi connectivity index (χ0n) is 26.7. The maximum atomic E-state index is 14.1. The predicted molar refractivity (Wildman–Crippen MR) is 167 cm³/mol. The smallest absolute Gasteiger partial charge is 0.237 e. The first kappa shape index (κ1) is 35.4. The molecule has 1 aromatic heterocycles. The lowest BCUT2D eigenvalue weighted by Gasteiger charge is -2.42. The predicted octanol–water partition coefficient (Wildman–Crippen LogP) is 2.42. The third kappa shape index (κ3) is 10.2. The Kier molecular flexibility index (Phi) is 14.5. The van der Waals surface area contributed by atoms with Gasteiger partial charge in [0, 0.05) is 65.1 Å². The number of nitrogens with zero attached hydrogens (tertiary/aromatic N) is 3. The lowest BCUT2D eigenvalue weighted by Crippen LogP contribution is -2.51. The van der Waals surface area contributed by atoms with Crippen LogP contribution in [0, 0.1) is 11.8 Å². The van der Waals surface area contributed by atoms with Crippen LogP contribution in [0.25, 0.3) is 0 Å². The van der Waals surface area contributed by atoms with Crippen molar-refractivity contribution in [1.82, 2.24) is 20.1 Å². The average Bonchev–Trinajstić information content (AvgIpc) is 3.02. The van der Waals surface area contributed by atoms with Gasteiger partial charge in [-0.3, -0.25) is 14.6 Å². The van der Waals surface area contributed by atoms with Crippen molar-refractivity contribution in [2.24, 2.45) is 11.8 Å². The zero-order chi connectivity index (χ0) is 32.1. The number of aromatic nitrogens is 1. The van der Waals surface area contributed by atoms with Crippen LogP contribution in [-0.4, -0.2) is 109 Å². The highest BCUT2D eigenvalue weighted by Gasteiger charge is 2.37. The number of carbonyl (C=O) groups excluding carboxylic acids is 2. The van der Waals surface area contributed by atoms with E-state index in [0.29, 0.717) is 44.8 Å². The lowest BCUT2D eigenvalue weighted by atomic mass is 9.82. The molecule has 0 unspecified atom stereocenters. The Labute approximate surface area is 261 Å². The summed E-state index contributed by atoms with van der Waals surface area (Å²) in [7, 11) is 3.07. The molecule has 3 rings (SSSR count). The number of amides is 2. The molecule has 44 heavy (non-hydrogen) atoms. The van der Waals surface area contributed by atoms with Crippen molar-refractivity contribution in [3.8, 4) is 5.75 Å².